The third kappa shape index (κ3) is 4.76. The predicted octanol–water partition coefficient (Wildman–Crippen LogP) is 3.77. The Morgan fingerprint density at radius 2 is 1.74 bits per heavy atom. The molecule has 5 nitrogen and oxygen atoms in total. The number of nitrogens with zero attached hydrogens (tertiary/aromatic N) is 2. The van der Waals surface area contributed by atoms with Crippen molar-refractivity contribution in [1.29, 1.82) is 0 Å². The van der Waals surface area contributed by atoms with Crippen LogP contribution < -0.4 is 11.0 Å². The van der Waals surface area contributed by atoms with E-state index in [0.717, 1.165) is 21.7 Å². The maximum Gasteiger partial charge on any atom is 0.329 e. The van der Waals surface area contributed by atoms with Crippen molar-refractivity contribution in [3.8, 4) is 0 Å². The van der Waals surface area contributed by atoms with Gasteiger partial charge in [-0.2, -0.15) is 0 Å². The number of para-hydroxylation sites is 2. The van der Waals surface area contributed by atoms with Gasteiger partial charge in [0.2, 0.25) is 5.91 Å². The Balaban J connectivity index is 1.51. The molecule has 3 aromatic rings. The average Bonchev–Trinajstić information content (AvgIpc) is 2.95. The van der Waals surface area contributed by atoms with E-state index in [4.69, 9.17) is 11.6 Å². The normalized spacial score (nSPS) is 11.0. The number of nitrogens with one attached hydrogen (secondary N) is 1. The van der Waals surface area contributed by atoms with Gasteiger partial charge in [0.25, 0.3) is 0 Å². The van der Waals surface area contributed by atoms with E-state index in [9.17, 15) is 9.59 Å². The average molecular weight is 404 g/mol. The molecular formula is C20H22ClN3O2S. The quantitative estimate of drug-likeness (QED) is 0.460. The number of thioether (sulfide) groups is 1. The van der Waals surface area contributed by atoms with Crippen LogP contribution >= 0.6 is 23.4 Å². The first kappa shape index (κ1) is 19.6. The first-order valence-corrected chi connectivity index (χ1v) is 10.3. The van der Waals surface area contributed by atoms with Crippen LogP contribution in [0, 0.1) is 0 Å². The lowest BCUT2D eigenvalue weighted by Gasteiger charge is -2.06. The number of imidazole rings is 1. The van der Waals surface area contributed by atoms with Gasteiger partial charge in [-0.3, -0.25) is 13.9 Å². The highest BCUT2D eigenvalue weighted by molar-refractivity contribution is 7.99. The number of carbonyl (C=O) groups is 1. The van der Waals surface area contributed by atoms with Crippen LogP contribution in [0.1, 0.15) is 13.3 Å². The summed E-state index contributed by atoms with van der Waals surface area (Å²) < 4.78 is 3.41. The number of carbonyl (C=O) groups excluding carboxylic acids is 1. The summed E-state index contributed by atoms with van der Waals surface area (Å²) in [6, 6.07) is 15.3. The number of amides is 1. The molecule has 0 fully saturated rings. The van der Waals surface area contributed by atoms with Gasteiger partial charge in [0, 0.05) is 41.7 Å². The van der Waals surface area contributed by atoms with E-state index in [-0.39, 0.29) is 18.0 Å². The summed E-state index contributed by atoms with van der Waals surface area (Å²) in [6.45, 7) is 3.52. The highest BCUT2D eigenvalue weighted by atomic mass is 35.5. The molecule has 0 aliphatic heterocycles. The Bertz CT molecular complexity index is 979. The van der Waals surface area contributed by atoms with Crippen molar-refractivity contribution in [2.75, 3.05) is 12.3 Å². The minimum absolute atomic E-state index is 0.0491. The van der Waals surface area contributed by atoms with E-state index in [1.54, 1.807) is 20.9 Å². The number of halogens is 1. The van der Waals surface area contributed by atoms with Crippen LogP contribution in [0.2, 0.25) is 5.02 Å². The monoisotopic (exact) mass is 403 g/mol. The van der Waals surface area contributed by atoms with Gasteiger partial charge in [-0.1, -0.05) is 23.7 Å². The van der Waals surface area contributed by atoms with Gasteiger partial charge in [-0.05, 0) is 43.3 Å². The van der Waals surface area contributed by atoms with Gasteiger partial charge in [0.15, 0.2) is 0 Å². The molecule has 1 amide bonds. The lowest BCUT2D eigenvalue weighted by molar-refractivity contribution is -0.121. The standard InChI is InChI=1S/C20H22ClN3O2S/c1-2-23-17-5-3-4-6-18(17)24(20(23)26)13-11-19(25)22-12-14-27-16-9-7-15(21)8-10-16/h3-10H,2,11-14H2,1H3,(H,22,25). The Hall–Kier alpha value is -2.18. The predicted molar refractivity (Wildman–Crippen MR) is 112 cm³/mol. The summed E-state index contributed by atoms with van der Waals surface area (Å²) in [5.74, 6) is 0.731. The molecule has 2 aromatic carbocycles. The molecule has 1 aromatic heterocycles. The van der Waals surface area contributed by atoms with Crippen LogP contribution in [-0.2, 0) is 17.9 Å². The summed E-state index contributed by atoms with van der Waals surface area (Å²) in [5.41, 5.74) is 1.71. The number of aromatic nitrogens is 2. The number of rotatable bonds is 8. The zero-order valence-corrected chi connectivity index (χ0v) is 16.7. The Morgan fingerprint density at radius 3 is 2.41 bits per heavy atom. The SMILES string of the molecule is CCn1c(=O)n(CCC(=O)NCCSc2ccc(Cl)cc2)c2ccccc21. The maximum absolute atomic E-state index is 12.6. The molecule has 7 heteroatoms. The van der Waals surface area contributed by atoms with Crippen molar-refractivity contribution in [2.45, 2.75) is 31.3 Å². The smallest absolute Gasteiger partial charge is 0.329 e. The van der Waals surface area contributed by atoms with E-state index in [2.05, 4.69) is 5.32 Å². The van der Waals surface area contributed by atoms with Crippen molar-refractivity contribution < 1.29 is 4.79 Å². The highest BCUT2D eigenvalue weighted by Gasteiger charge is 2.12. The van der Waals surface area contributed by atoms with Crippen LogP contribution in [-0.4, -0.2) is 27.3 Å². The number of fused-ring (bicyclic) bond motifs is 1. The Morgan fingerprint density at radius 1 is 1.07 bits per heavy atom. The molecule has 27 heavy (non-hydrogen) atoms. The molecule has 0 aliphatic rings. The summed E-state index contributed by atoms with van der Waals surface area (Å²) in [7, 11) is 0. The topological polar surface area (TPSA) is 56.0 Å². The zero-order valence-electron chi connectivity index (χ0n) is 15.2. The molecular weight excluding hydrogens is 382 g/mol. The first-order chi connectivity index (χ1) is 13.1. The van der Waals surface area contributed by atoms with E-state index in [1.807, 2.05) is 55.5 Å². The molecule has 1 heterocycles. The lowest BCUT2D eigenvalue weighted by Crippen LogP contribution is -2.29. The van der Waals surface area contributed by atoms with Crippen molar-refractivity contribution >= 4 is 40.3 Å². The van der Waals surface area contributed by atoms with Crippen molar-refractivity contribution in [1.82, 2.24) is 14.5 Å². The van der Waals surface area contributed by atoms with Gasteiger partial charge >= 0.3 is 5.69 Å². The summed E-state index contributed by atoms with van der Waals surface area (Å²) in [4.78, 5) is 25.8. The van der Waals surface area contributed by atoms with E-state index in [0.29, 0.717) is 24.7 Å². The molecule has 3 rings (SSSR count). The minimum Gasteiger partial charge on any atom is -0.355 e. The van der Waals surface area contributed by atoms with Crippen molar-refractivity contribution in [3.05, 3.63) is 64.0 Å². The van der Waals surface area contributed by atoms with Gasteiger partial charge in [-0.15, -0.1) is 11.8 Å². The molecule has 0 aliphatic carbocycles. The molecule has 0 radical (unpaired) electrons. The lowest BCUT2D eigenvalue weighted by atomic mass is 10.3. The van der Waals surface area contributed by atoms with Crippen molar-refractivity contribution in [2.24, 2.45) is 0 Å². The molecule has 0 atom stereocenters. The Kier molecular flexibility index (Phi) is 6.63. The molecule has 0 spiro atoms. The third-order valence-electron chi connectivity index (χ3n) is 4.31. The van der Waals surface area contributed by atoms with E-state index < -0.39 is 0 Å². The molecule has 0 saturated heterocycles. The second-order valence-electron chi connectivity index (χ2n) is 6.07. The van der Waals surface area contributed by atoms with E-state index in [1.165, 1.54) is 0 Å². The Labute approximate surface area is 167 Å². The molecule has 0 bridgehead atoms. The van der Waals surface area contributed by atoms with Gasteiger partial charge < -0.3 is 5.32 Å². The fraction of sp³-hybridized carbons (Fsp3) is 0.300. The van der Waals surface area contributed by atoms with Gasteiger partial charge in [-0.25, -0.2) is 4.79 Å². The van der Waals surface area contributed by atoms with Crippen LogP contribution in [0.4, 0.5) is 0 Å². The minimum atomic E-state index is -0.0650. The number of benzene rings is 2. The maximum atomic E-state index is 12.6. The highest BCUT2D eigenvalue weighted by Crippen LogP contribution is 2.19. The van der Waals surface area contributed by atoms with Crippen LogP contribution in [0.5, 0.6) is 0 Å². The third-order valence-corrected chi connectivity index (χ3v) is 5.58. The van der Waals surface area contributed by atoms with Crippen LogP contribution in [0.3, 0.4) is 0 Å². The fourth-order valence-electron chi connectivity index (χ4n) is 2.99. The fourth-order valence-corrected chi connectivity index (χ4v) is 3.88. The van der Waals surface area contributed by atoms with Gasteiger partial charge in [0.1, 0.15) is 0 Å². The van der Waals surface area contributed by atoms with Gasteiger partial charge in [0.05, 0.1) is 11.0 Å². The van der Waals surface area contributed by atoms with Crippen LogP contribution in [0.15, 0.2) is 58.2 Å². The second kappa shape index (κ2) is 9.15. The number of aryl methyl sites for hydroxylation is 2. The molecule has 1 N–H and O–H groups in total. The zero-order chi connectivity index (χ0) is 19.2. The molecule has 0 saturated carbocycles. The largest absolute Gasteiger partial charge is 0.355 e. The van der Waals surface area contributed by atoms with Crippen LogP contribution in [0.25, 0.3) is 11.0 Å². The van der Waals surface area contributed by atoms with E-state index >= 15 is 0 Å². The summed E-state index contributed by atoms with van der Waals surface area (Å²) >= 11 is 7.53. The first-order valence-electron chi connectivity index (χ1n) is 8.93. The molecule has 142 valence electrons. The molecule has 0 unspecified atom stereocenters. The summed E-state index contributed by atoms with van der Waals surface area (Å²) in [5, 5.41) is 3.63. The summed E-state index contributed by atoms with van der Waals surface area (Å²) in [6.07, 6.45) is 0.281. The second-order valence-corrected chi connectivity index (χ2v) is 7.67. The number of hydrogen-bond acceptors (Lipinski definition) is 3. The van der Waals surface area contributed by atoms with Crippen molar-refractivity contribution in [3.63, 3.8) is 0 Å². The number of hydrogen-bond donors (Lipinski definition) is 1.